The van der Waals surface area contributed by atoms with Crippen LogP contribution in [0.25, 0.3) is 0 Å². The van der Waals surface area contributed by atoms with Crippen LogP contribution in [0.3, 0.4) is 0 Å². The van der Waals surface area contributed by atoms with E-state index in [2.05, 4.69) is 30.6 Å². The maximum atomic E-state index is 7.25. The van der Waals surface area contributed by atoms with Crippen LogP contribution in [0, 0.1) is 0 Å². The summed E-state index contributed by atoms with van der Waals surface area (Å²) in [6.07, 6.45) is -0.505. The third kappa shape index (κ3) is 2.04. The molecular weight excluding hydrogens is 231 g/mol. The molecule has 0 aliphatic carbocycles. The van der Waals surface area contributed by atoms with Crippen LogP contribution in [0.1, 0.15) is 15.1 Å². The van der Waals surface area contributed by atoms with Gasteiger partial charge in [-0.2, -0.15) is 0 Å². The Kier molecular flexibility index (Phi) is 1.26. The molecule has 0 bridgehead atoms. The second-order valence-corrected chi connectivity index (χ2v) is 2.59. The number of hydrogen-bond donors (Lipinski definition) is 0. The van der Waals surface area contributed by atoms with Gasteiger partial charge in [-0.1, -0.05) is 11.6 Å². The van der Waals surface area contributed by atoms with Crippen molar-refractivity contribution >= 4 is 27.5 Å². The molecule has 0 saturated heterocycles. The summed E-state index contributed by atoms with van der Waals surface area (Å²) in [7, 11) is 0. The normalized spacial score (nSPS) is 20.2. The lowest BCUT2D eigenvalue weighted by Crippen LogP contribution is -1.96. The fourth-order valence-electron chi connectivity index (χ4n) is 0.417. The molecule has 5 heteroatoms. The average molecular weight is 244 g/mol. The Morgan fingerprint density at radius 2 is 2.82 bits per heavy atom. The van der Waals surface area contributed by atoms with Gasteiger partial charge < -0.3 is 4.74 Å². The van der Waals surface area contributed by atoms with Crippen molar-refractivity contribution in [1.29, 1.82) is 0 Å². The Balaban J connectivity index is 3.12. The zero-order valence-corrected chi connectivity index (χ0v) is 7.40. The highest BCUT2D eigenvalue weighted by Crippen LogP contribution is 2.27. The third-order valence-electron chi connectivity index (χ3n) is 0.816. The molecule has 0 spiro atoms. The van der Waals surface area contributed by atoms with Crippen molar-refractivity contribution in [2.75, 3.05) is 6.56 Å². The molecule has 0 aliphatic rings. The van der Waals surface area contributed by atoms with Crippen LogP contribution in [0.5, 0.6) is 5.88 Å². The second-order valence-electron chi connectivity index (χ2n) is 1.44. The number of nitrogens with zero attached hydrogens (tertiary/aromatic N) is 2. The fraction of sp³-hybridized carbons (Fsp3) is 0.333. The van der Waals surface area contributed by atoms with Crippen LogP contribution >= 0.6 is 27.5 Å². The minimum absolute atomic E-state index is 0.0108. The van der Waals surface area contributed by atoms with Crippen molar-refractivity contribution in [2.45, 2.75) is 6.85 Å². The molecule has 1 heterocycles. The number of rotatable bonds is 2. The smallest absolute Gasteiger partial charge is 0.232 e. The SMILES string of the molecule is [2H]c1nc(Cl)c(Br)c(OC([2H])([2H])C([2H])([2H])[2H])n1. The molecule has 0 aliphatic heterocycles. The summed E-state index contributed by atoms with van der Waals surface area (Å²) in [4.78, 5) is 6.90. The second kappa shape index (κ2) is 3.88. The van der Waals surface area contributed by atoms with Crippen LogP contribution in [0.4, 0.5) is 0 Å². The molecule has 60 valence electrons. The van der Waals surface area contributed by atoms with E-state index in [0.29, 0.717) is 0 Å². The summed E-state index contributed by atoms with van der Waals surface area (Å²) in [6.45, 7) is -5.94. The highest BCUT2D eigenvalue weighted by atomic mass is 79.9. The summed E-state index contributed by atoms with van der Waals surface area (Å²) in [5, 5.41) is -0.165. The first kappa shape index (κ1) is 3.58. The maximum absolute atomic E-state index is 7.25. The summed E-state index contributed by atoms with van der Waals surface area (Å²) in [5.41, 5.74) is 0. The minimum atomic E-state index is -2.99. The Morgan fingerprint density at radius 1 is 2.00 bits per heavy atom. The average Bonchev–Trinajstić information content (AvgIpc) is 2.11. The molecule has 1 aromatic rings. The van der Waals surface area contributed by atoms with Gasteiger partial charge >= 0.3 is 0 Å². The topological polar surface area (TPSA) is 35.0 Å². The van der Waals surface area contributed by atoms with E-state index in [1.165, 1.54) is 0 Å². The van der Waals surface area contributed by atoms with Gasteiger partial charge in [0.15, 0.2) is 5.15 Å². The van der Waals surface area contributed by atoms with E-state index >= 15 is 0 Å². The van der Waals surface area contributed by atoms with E-state index in [4.69, 9.17) is 19.8 Å². The molecule has 0 N–H and O–H groups in total. The largest absolute Gasteiger partial charge is 0.477 e. The number of halogens is 2. The van der Waals surface area contributed by atoms with Crippen molar-refractivity contribution in [2.24, 2.45) is 0 Å². The molecule has 11 heavy (non-hydrogen) atoms. The predicted molar refractivity (Wildman–Crippen MR) is 45.9 cm³/mol. The van der Waals surface area contributed by atoms with Gasteiger partial charge in [-0.05, 0) is 22.8 Å². The Bertz CT molecular complexity index is 439. The molecule has 1 rings (SSSR count). The van der Waals surface area contributed by atoms with E-state index in [9.17, 15) is 0 Å². The fourth-order valence-corrected chi connectivity index (χ4v) is 0.794. The van der Waals surface area contributed by atoms with Gasteiger partial charge in [0.05, 0.1) is 9.30 Å². The van der Waals surface area contributed by atoms with Crippen molar-refractivity contribution in [1.82, 2.24) is 9.97 Å². The van der Waals surface area contributed by atoms with Crippen LogP contribution < -0.4 is 4.74 Å². The van der Waals surface area contributed by atoms with Gasteiger partial charge in [0, 0.05) is 4.11 Å². The molecule has 0 saturated carbocycles. The zero-order valence-electron chi connectivity index (χ0n) is 11.1. The molecule has 3 nitrogen and oxygen atoms in total. The maximum Gasteiger partial charge on any atom is 0.232 e. The molecule has 0 unspecified atom stereocenters. The summed E-state index contributed by atoms with van der Waals surface area (Å²) in [6, 6.07) is 0. The number of aromatic nitrogens is 2. The molecular formula is C6H6BrClN2O. The van der Waals surface area contributed by atoms with E-state index in [-0.39, 0.29) is 9.63 Å². The Hall–Kier alpha value is -0.350. The summed E-state index contributed by atoms with van der Waals surface area (Å²) in [5.74, 6) is -0.434. The summed E-state index contributed by atoms with van der Waals surface area (Å²) < 4.78 is 47.2. The van der Waals surface area contributed by atoms with E-state index in [0.717, 1.165) is 0 Å². The van der Waals surface area contributed by atoms with Crippen LogP contribution in [-0.4, -0.2) is 16.5 Å². The van der Waals surface area contributed by atoms with E-state index in [1.54, 1.807) is 0 Å². The molecule has 0 amide bonds. The van der Waals surface area contributed by atoms with E-state index in [1.807, 2.05) is 0 Å². The van der Waals surface area contributed by atoms with Gasteiger partial charge in [-0.15, -0.1) is 0 Å². The van der Waals surface area contributed by atoms with Crippen LogP contribution in [0.2, 0.25) is 5.15 Å². The van der Waals surface area contributed by atoms with Crippen molar-refractivity contribution in [3.63, 3.8) is 0 Å². The lowest BCUT2D eigenvalue weighted by molar-refractivity contribution is 0.324. The van der Waals surface area contributed by atoms with E-state index < -0.39 is 25.6 Å². The minimum Gasteiger partial charge on any atom is -0.477 e. The first-order valence-electron chi connectivity index (χ1n) is 5.43. The monoisotopic (exact) mass is 242 g/mol. The highest BCUT2D eigenvalue weighted by Gasteiger charge is 2.05. The third-order valence-corrected chi connectivity index (χ3v) is 2.03. The van der Waals surface area contributed by atoms with Gasteiger partial charge in [0.1, 0.15) is 12.1 Å². The van der Waals surface area contributed by atoms with Gasteiger partial charge in [0.25, 0.3) is 0 Å². The lowest BCUT2D eigenvalue weighted by Gasteiger charge is -2.03. The van der Waals surface area contributed by atoms with Gasteiger partial charge in [0.2, 0.25) is 5.88 Å². The zero-order chi connectivity index (χ0) is 13.4. The Labute approximate surface area is 86.3 Å². The van der Waals surface area contributed by atoms with Crippen molar-refractivity contribution in [3.8, 4) is 5.88 Å². The standard InChI is InChI=1S/C6H6BrClN2O/c1-2-11-6-4(7)5(8)9-3-10-6/h3H,2H2,1H3/i1D3,2D2,3D. The highest BCUT2D eigenvalue weighted by molar-refractivity contribution is 9.10. The number of ether oxygens (including phenoxy) is 1. The molecule has 1 aromatic heterocycles. The van der Waals surface area contributed by atoms with Gasteiger partial charge in [-0.3, -0.25) is 0 Å². The molecule has 0 fully saturated rings. The number of hydrogen-bond acceptors (Lipinski definition) is 3. The molecule has 0 aromatic carbocycles. The molecule has 0 atom stereocenters. The summed E-state index contributed by atoms with van der Waals surface area (Å²) >= 11 is 8.52. The predicted octanol–water partition coefficient (Wildman–Crippen LogP) is 2.29. The molecule has 0 radical (unpaired) electrons. The van der Waals surface area contributed by atoms with Crippen LogP contribution in [0.15, 0.2) is 10.8 Å². The van der Waals surface area contributed by atoms with Crippen molar-refractivity contribution < 1.29 is 13.0 Å². The Morgan fingerprint density at radius 3 is 3.55 bits per heavy atom. The van der Waals surface area contributed by atoms with Crippen LogP contribution in [-0.2, 0) is 0 Å². The van der Waals surface area contributed by atoms with Gasteiger partial charge in [-0.25, -0.2) is 9.97 Å². The first-order chi connectivity index (χ1) is 7.54. The first-order valence-corrected chi connectivity index (χ1v) is 3.60. The van der Waals surface area contributed by atoms with Crippen molar-refractivity contribution in [3.05, 3.63) is 15.9 Å². The lowest BCUT2D eigenvalue weighted by atomic mass is 10.6. The quantitative estimate of drug-likeness (QED) is 0.748.